The third-order valence-corrected chi connectivity index (χ3v) is 4.27. The lowest BCUT2D eigenvalue weighted by molar-refractivity contribution is -0.116. The number of anilines is 2. The maximum Gasteiger partial charge on any atom is 0.229 e. The molecule has 26 heavy (non-hydrogen) atoms. The highest BCUT2D eigenvalue weighted by molar-refractivity contribution is 7.92. The molecule has 0 saturated carbocycles. The van der Waals surface area contributed by atoms with Crippen LogP contribution in [0.1, 0.15) is 18.4 Å². The number of halogens is 1. The van der Waals surface area contributed by atoms with E-state index in [2.05, 4.69) is 10.0 Å². The van der Waals surface area contributed by atoms with E-state index in [1.807, 2.05) is 13.0 Å². The largest absolute Gasteiger partial charge is 0.493 e. The maximum absolute atomic E-state index is 12.1. The second kappa shape index (κ2) is 8.91. The van der Waals surface area contributed by atoms with Crippen LogP contribution in [0.25, 0.3) is 0 Å². The van der Waals surface area contributed by atoms with Crippen LogP contribution in [-0.2, 0) is 14.8 Å². The molecule has 0 radical (unpaired) electrons. The Morgan fingerprint density at radius 1 is 1.15 bits per heavy atom. The summed E-state index contributed by atoms with van der Waals surface area (Å²) in [7, 11) is -3.42. The van der Waals surface area contributed by atoms with Crippen LogP contribution < -0.4 is 14.8 Å². The Hall–Kier alpha value is -2.25. The Balaban J connectivity index is 1.84. The number of hydrogen-bond acceptors (Lipinski definition) is 4. The third kappa shape index (κ3) is 6.57. The first-order chi connectivity index (χ1) is 12.2. The van der Waals surface area contributed by atoms with Crippen LogP contribution in [0, 0.1) is 6.92 Å². The van der Waals surface area contributed by atoms with E-state index in [4.69, 9.17) is 16.3 Å². The molecule has 2 N–H and O–H groups in total. The number of carbonyl (C=O) groups is 1. The summed E-state index contributed by atoms with van der Waals surface area (Å²) in [5, 5.41) is 3.36. The number of carbonyl (C=O) groups excluding carboxylic acids is 1. The standard InChI is InChI=1S/C18H21ClN2O4S/c1-13-12-14(19)9-10-17(13)25-11-5-8-18(22)20-15-6-3-4-7-16(15)21-26(2,23)24/h3-4,6-7,9-10,12,21H,5,8,11H2,1-2H3,(H,20,22). The Morgan fingerprint density at radius 2 is 1.85 bits per heavy atom. The molecule has 0 atom stereocenters. The Morgan fingerprint density at radius 3 is 2.50 bits per heavy atom. The first kappa shape index (κ1) is 20.1. The fraction of sp³-hybridized carbons (Fsp3) is 0.278. The van der Waals surface area contributed by atoms with Gasteiger partial charge in [0.25, 0.3) is 0 Å². The predicted octanol–water partition coefficient (Wildman–Crippen LogP) is 3.82. The number of amides is 1. The summed E-state index contributed by atoms with van der Waals surface area (Å²) in [5.41, 5.74) is 1.68. The topological polar surface area (TPSA) is 84.5 Å². The quantitative estimate of drug-likeness (QED) is 0.664. The second-order valence-electron chi connectivity index (χ2n) is 5.83. The van der Waals surface area contributed by atoms with Crippen molar-refractivity contribution in [2.45, 2.75) is 19.8 Å². The van der Waals surface area contributed by atoms with Crippen LogP contribution in [0.15, 0.2) is 42.5 Å². The van der Waals surface area contributed by atoms with Crippen LogP contribution >= 0.6 is 11.6 Å². The number of benzene rings is 2. The molecule has 2 rings (SSSR count). The van der Waals surface area contributed by atoms with Gasteiger partial charge >= 0.3 is 0 Å². The van der Waals surface area contributed by atoms with E-state index < -0.39 is 10.0 Å². The van der Waals surface area contributed by atoms with Gasteiger partial charge in [0.15, 0.2) is 0 Å². The van der Waals surface area contributed by atoms with Crippen molar-refractivity contribution in [3.8, 4) is 5.75 Å². The van der Waals surface area contributed by atoms with E-state index in [0.717, 1.165) is 17.6 Å². The minimum Gasteiger partial charge on any atom is -0.493 e. The van der Waals surface area contributed by atoms with Gasteiger partial charge < -0.3 is 10.1 Å². The van der Waals surface area contributed by atoms with E-state index in [9.17, 15) is 13.2 Å². The summed E-state index contributed by atoms with van der Waals surface area (Å²) in [6.45, 7) is 2.29. The molecule has 8 heteroatoms. The average molecular weight is 397 g/mol. The molecular weight excluding hydrogens is 376 g/mol. The number of nitrogens with one attached hydrogen (secondary N) is 2. The number of para-hydroxylation sites is 2. The van der Waals surface area contributed by atoms with Gasteiger partial charge in [-0.1, -0.05) is 23.7 Å². The lowest BCUT2D eigenvalue weighted by Gasteiger charge is -2.12. The molecule has 140 valence electrons. The van der Waals surface area contributed by atoms with Gasteiger partial charge in [-0.2, -0.15) is 0 Å². The van der Waals surface area contributed by atoms with Crippen molar-refractivity contribution < 1.29 is 17.9 Å². The lowest BCUT2D eigenvalue weighted by Crippen LogP contribution is -2.16. The highest BCUT2D eigenvalue weighted by atomic mass is 35.5. The minimum absolute atomic E-state index is 0.218. The van der Waals surface area contributed by atoms with Gasteiger partial charge in [0.05, 0.1) is 24.2 Å². The van der Waals surface area contributed by atoms with Crippen molar-refractivity contribution in [2.24, 2.45) is 0 Å². The Bertz CT molecular complexity index is 885. The van der Waals surface area contributed by atoms with Crippen molar-refractivity contribution in [3.63, 3.8) is 0 Å². The van der Waals surface area contributed by atoms with E-state index in [1.54, 1.807) is 36.4 Å². The lowest BCUT2D eigenvalue weighted by atomic mass is 10.2. The van der Waals surface area contributed by atoms with Crippen LogP contribution in [0.2, 0.25) is 5.02 Å². The SMILES string of the molecule is Cc1cc(Cl)ccc1OCCCC(=O)Nc1ccccc1NS(C)(=O)=O. The molecule has 6 nitrogen and oxygen atoms in total. The number of rotatable bonds is 8. The monoisotopic (exact) mass is 396 g/mol. The maximum atomic E-state index is 12.1. The van der Waals surface area contributed by atoms with Gasteiger partial charge in [-0.3, -0.25) is 9.52 Å². The van der Waals surface area contributed by atoms with E-state index in [0.29, 0.717) is 29.4 Å². The average Bonchev–Trinajstić information content (AvgIpc) is 2.54. The molecule has 0 heterocycles. The first-order valence-electron chi connectivity index (χ1n) is 8.00. The van der Waals surface area contributed by atoms with Gasteiger partial charge in [0.2, 0.25) is 15.9 Å². The molecule has 0 aliphatic rings. The summed E-state index contributed by atoms with van der Waals surface area (Å²) in [4.78, 5) is 12.1. The molecule has 0 aromatic heterocycles. The molecule has 2 aromatic rings. The number of sulfonamides is 1. The number of hydrogen-bond donors (Lipinski definition) is 2. The molecule has 2 aromatic carbocycles. The first-order valence-corrected chi connectivity index (χ1v) is 10.3. The molecule has 0 spiro atoms. The van der Waals surface area contributed by atoms with Crippen molar-refractivity contribution in [2.75, 3.05) is 22.9 Å². The van der Waals surface area contributed by atoms with Gasteiger partial charge in [-0.05, 0) is 49.2 Å². The zero-order valence-corrected chi connectivity index (χ0v) is 16.2. The third-order valence-electron chi connectivity index (χ3n) is 3.44. The summed E-state index contributed by atoms with van der Waals surface area (Å²) in [5.74, 6) is 0.515. The summed E-state index contributed by atoms with van der Waals surface area (Å²) in [6.07, 6.45) is 1.83. The Labute approximate surface area is 158 Å². The highest BCUT2D eigenvalue weighted by Gasteiger charge is 2.10. The summed E-state index contributed by atoms with van der Waals surface area (Å²) >= 11 is 5.90. The van der Waals surface area contributed by atoms with Crippen molar-refractivity contribution in [1.82, 2.24) is 0 Å². The van der Waals surface area contributed by atoms with E-state index in [-0.39, 0.29) is 12.3 Å². The molecule has 0 aliphatic carbocycles. The molecule has 0 saturated heterocycles. The van der Waals surface area contributed by atoms with Crippen molar-refractivity contribution in [1.29, 1.82) is 0 Å². The number of ether oxygens (including phenoxy) is 1. The second-order valence-corrected chi connectivity index (χ2v) is 8.01. The van der Waals surface area contributed by atoms with Crippen molar-refractivity contribution >= 4 is 38.9 Å². The molecule has 0 bridgehead atoms. The fourth-order valence-corrected chi connectivity index (χ4v) is 3.09. The van der Waals surface area contributed by atoms with Gasteiger partial charge in [0.1, 0.15) is 5.75 Å². The molecular formula is C18H21ClN2O4S. The van der Waals surface area contributed by atoms with Crippen molar-refractivity contribution in [3.05, 3.63) is 53.1 Å². The summed E-state index contributed by atoms with van der Waals surface area (Å²) in [6, 6.07) is 12.0. The zero-order chi connectivity index (χ0) is 19.2. The van der Waals surface area contributed by atoms with E-state index in [1.165, 1.54) is 0 Å². The molecule has 0 unspecified atom stereocenters. The van der Waals surface area contributed by atoms with Crippen LogP contribution in [0.4, 0.5) is 11.4 Å². The van der Waals surface area contributed by atoms with Gasteiger partial charge in [-0.25, -0.2) is 8.42 Å². The van der Waals surface area contributed by atoms with E-state index >= 15 is 0 Å². The zero-order valence-electron chi connectivity index (χ0n) is 14.6. The minimum atomic E-state index is -3.42. The molecule has 1 amide bonds. The molecule has 0 aliphatic heterocycles. The van der Waals surface area contributed by atoms with Crippen LogP contribution in [0.3, 0.4) is 0 Å². The fourth-order valence-electron chi connectivity index (χ4n) is 2.28. The number of aryl methyl sites for hydroxylation is 1. The van der Waals surface area contributed by atoms with Crippen LogP contribution in [0.5, 0.6) is 5.75 Å². The smallest absolute Gasteiger partial charge is 0.229 e. The van der Waals surface area contributed by atoms with Gasteiger partial charge in [-0.15, -0.1) is 0 Å². The Kier molecular flexibility index (Phi) is 6.88. The predicted molar refractivity (Wildman–Crippen MR) is 104 cm³/mol. The normalized spacial score (nSPS) is 11.0. The van der Waals surface area contributed by atoms with Gasteiger partial charge in [0, 0.05) is 11.4 Å². The highest BCUT2D eigenvalue weighted by Crippen LogP contribution is 2.23. The molecule has 0 fully saturated rings. The van der Waals surface area contributed by atoms with Crippen LogP contribution in [-0.4, -0.2) is 27.2 Å². The summed E-state index contributed by atoms with van der Waals surface area (Å²) < 4.78 is 30.8.